The zero-order valence-electron chi connectivity index (χ0n) is 10.9. The quantitative estimate of drug-likeness (QED) is 0.875. The van der Waals surface area contributed by atoms with Crippen LogP contribution in [0.2, 0.25) is 0 Å². The lowest BCUT2D eigenvalue weighted by atomic mass is 9.98. The Balaban J connectivity index is 1.57. The Kier molecular flexibility index (Phi) is 3.74. The second-order valence-corrected chi connectivity index (χ2v) is 4.93. The molecule has 100 valence electrons. The fraction of sp³-hybridized carbons (Fsp3) is 0.429. The molecular formula is C14H19N5. The molecule has 2 N–H and O–H groups in total. The van der Waals surface area contributed by atoms with E-state index in [1.807, 2.05) is 24.5 Å². The van der Waals surface area contributed by atoms with Crippen LogP contribution in [-0.4, -0.2) is 34.4 Å². The Bertz CT molecular complexity index is 485. The molecule has 0 saturated carbocycles. The van der Waals surface area contributed by atoms with Crippen molar-refractivity contribution in [3.63, 3.8) is 0 Å². The highest BCUT2D eigenvalue weighted by molar-refractivity contribution is 5.43. The molecule has 0 bridgehead atoms. The van der Waals surface area contributed by atoms with E-state index in [4.69, 9.17) is 0 Å². The Labute approximate surface area is 113 Å². The highest BCUT2D eigenvalue weighted by Gasteiger charge is 2.12. The van der Waals surface area contributed by atoms with Crippen molar-refractivity contribution in [3.8, 4) is 5.82 Å². The minimum atomic E-state index is 0.770. The SMILES string of the molecule is c1cnn(-c2ccc(NCC3CCNCC3)cn2)c1. The molecule has 1 aliphatic rings. The molecule has 19 heavy (non-hydrogen) atoms. The lowest BCUT2D eigenvalue weighted by molar-refractivity contribution is 0.390. The average molecular weight is 257 g/mol. The second-order valence-electron chi connectivity index (χ2n) is 4.93. The molecule has 2 aromatic heterocycles. The summed E-state index contributed by atoms with van der Waals surface area (Å²) >= 11 is 0. The third-order valence-corrected chi connectivity index (χ3v) is 3.54. The standard InChI is InChI=1S/C14H19N5/c1-6-18-19(9-1)14-3-2-13(11-17-14)16-10-12-4-7-15-8-5-12/h1-3,6,9,11-12,15-16H,4-5,7-8,10H2. The number of nitrogens with zero attached hydrogens (tertiary/aromatic N) is 3. The molecule has 1 aliphatic heterocycles. The first-order valence-electron chi connectivity index (χ1n) is 6.82. The summed E-state index contributed by atoms with van der Waals surface area (Å²) in [6, 6.07) is 5.94. The van der Waals surface area contributed by atoms with Gasteiger partial charge in [0.25, 0.3) is 0 Å². The van der Waals surface area contributed by atoms with Crippen LogP contribution in [0, 0.1) is 5.92 Å². The molecule has 0 aromatic carbocycles. The topological polar surface area (TPSA) is 54.8 Å². The van der Waals surface area contributed by atoms with E-state index >= 15 is 0 Å². The van der Waals surface area contributed by atoms with E-state index in [-0.39, 0.29) is 0 Å². The molecule has 0 spiro atoms. The molecule has 0 radical (unpaired) electrons. The first kappa shape index (κ1) is 12.2. The Morgan fingerprint density at radius 2 is 2.21 bits per heavy atom. The number of pyridine rings is 1. The van der Waals surface area contributed by atoms with Gasteiger partial charge in [-0.2, -0.15) is 5.10 Å². The van der Waals surface area contributed by atoms with Crippen molar-refractivity contribution >= 4 is 5.69 Å². The molecule has 5 nitrogen and oxygen atoms in total. The van der Waals surface area contributed by atoms with Crippen LogP contribution in [0.25, 0.3) is 5.82 Å². The van der Waals surface area contributed by atoms with Gasteiger partial charge in [0.1, 0.15) is 0 Å². The monoisotopic (exact) mass is 257 g/mol. The van der Waals surface area contributed by atoms with Crippen LogP contribution in [0.4, 0.5) is 5.69 Å². The summed E-state index contributed by atoms with van der Waals surface area (Å²) in [7, 11) is 0. The first-order valence-corrected chi connectivity index (χ1v) is 6.82. The van der Waals surface area contributed by atoms with E-state index in [2.05, 4.69) is 26.8 Å². The van der Waals surface area contributed by atoms with Crippen LogP contribution in [0.5, 0.6) is 0 Å². The molecule has 1 saturated heterocycles. The van der Waals surface area contributed by atoms with Crippen LogP contribution >= 0.6 is 0 Å². The van der Waals surface area contributed by atoms with Crippen molar-refractivity contribution in [1.82, 2.24) is 20.1 Å². The van der Waals surface area contributed by atoms with Gasteiger partial charge in [-0.3, -0.25) is 0 Å². The van der Waals surface area contributed by atoms with Gasteiger partial charge >= 0.3 is 0 Å². The zero-order chi connectivity index (χ0) is 12.9. The van der Waals surface area contributed by atoms with Gasteiger partial charge in [0, 0.05) is 18.9 Å². The third kappa shape index (κ3) is 3.12. The molecule has 0 atom stereocenters. The maximum Gasteiger partial charge on any atom is 0.153 e. The van der Waals surface area contributed by atoms with Gasteiger partial charge in [-0.1, -0.05) is 0 Å². The maximum atomic E-state index is 4.41. The zero-order valence-corrected chi connectivity index (χ0v) is 10.9. The van der Waals surface area contributed by atoms with Gasteiger partial charge in [0.2, 0.25) is 0 Å². The van der Waals surface area contributed by atoms with E-state index in [9.17, 15) is 0 Å². The van der Waals surface area contributed by atoms with Crippen LogP contribution in [0.15, 0.2) is 36.8 Å². The van der Waals surface area contributed by atoms with Crippen LogP contribution in [0.1, 0.15) is 12.8 Å². The fourth-order valence-electron chi connectivity index (χ4n) is 2.38. The summed E-state index contributed by atoms with van der Waals surface area (Å²) in [6.45, 7) is 3.32. The van der Waals surface area contributed by atoms with Crippen molar-refractivity contribution in [2.45, 2.75) is 12.8 Å². The molecule has 0 aliphatic carbocycles. The van der Waals surface area contributed by atoms with Crippen molar-refractivity contribution in [2.24, 2.45) is 5.92 Å². The first-order chi connectivity index (χ1) is 9.42. The average Bonchev–Trinajstić information content (AvgIpc) is 3.01. The molecule has 0 amide bonds. The van der Waals surface area contributed by atoms with E-state index in [1.165, 1.54) is 12.8 Å². The van der Waals surface area contributed by atoms with E-state index in [1.54, 1.807) is 10.9 Å². The molecule has 2 aromatic rings. The summed E-state index contributed by atoms with van der Waals surface area (Å²) in [5, 5.41) is 11.0. The summed E-state index contributed by atoms with van der Waals surface area (Å²) in [6.07, 6.45) is 8.03. The highest BCUT2D eigenvalue weighted by atomic mass is 15.3. The van der Waals surface area contributed by atoms with Crippen molar-refractivity contribution < 1.29 is 0 Å². The van der Waals surface area contributed by atoms with Crippen molar-refractivity contribution in [3.05, 3.63) is 36.8 Å². The largest absolute Gasteiger partial charge is 0.384 e. The van der Waals surface area contributed by atoms with Crippen molar-refractivity contribution in [2.75, 3.05) is 25.0 Å². The summed E-state index contributed by atoms with van der Waals surface area (Å²) < 4.78 is 1.76. The van der Waals surface area contributed by atoms with Gasteiger partial charge in [-0.05, 0) is 50.0 Å². The molecular weight excluding hydrogens is 238 g/mol. The number of nitrogens with one attached hydrogen (secondary N) is 2. The minimum Gasteiger partial charge on any atom is -0.384 e. The smallest absolute Gasteiger partial charge is 0.153 e. The summed E-state index contributed by atoms with van der Waals surface area (Å²) in [5.41, 5.74) is 1.08. The summed E-state index contributed by atoms with van der Waals surface area (Å²) in [5.74, 6) is 1.62. The number of hydrogen-bond acceptors (Lipinski definition) is 4. The third-order valence-electron chi connectivity index (χ3n) is 3.54. The number of hydrogen-bond donors (Lipinski definition) is 2. The van der Waals surface area contributed by atoms with Gasteiger partial charge < -0.3 is 10.6 Å². The number of piperidine rings is 1. The molecule has 3 rings (SSSR count). The molecule has 0 unspecified atom stereocenters. The molecule has 3 heterocycles. The fourth-order valence-corrected chi connectivity index (χ4v) is 2.38. The maximum absolute atomic E-state index is 4.41. The predicted octanol–water partition coefficient (Wildman–Crippen LogP) is 1.68. The van der Waals surface area contributed by atoms with E-state index in [0.717, 1.165) is 37.1 Å². The van der Waals surface area contributed by atoms with Gasteiger partial charge in [-0.15, -0.1) is 0 Å². The normalized spacial score (nSPS) is 16.4. The van der Waals surface area contributed by atoms with Crippen LogP contribution < -0.4 is 10.6 Å². The van der Waals surface area contributed by atoms with Crippen molar-refractivity contribution in [1.29, 1.82) is 0 Å². The van der Waals surface area contributed by atoms with Gasteiger partial charge in [0.15, 0.2) is 5.82 Å². The van der Waals surface area contributed by atoms with Gasteiger partial charge in [-0.25, -0.2) is 9.67 Å². The molecule has 5 heteroatoms. The highest BCUT2D eigenvalue weighted by Crippen LogP contribution is 2.14. The number of aromatic nitrogens is 3. The Morgan fingerprint density at radius 1 is 1.32 bits per heavy atom. The number of anilines is 1. The Morgan fingerprint density at radius 3 is 2.89 bits per heavy atom. The lowest BCUT2D eigenvalue weighted by Gasteiger charge is -2.23. The molecule has 1 fully saturated rings. The lowest BCUT2D eigenvalue weighted by Crippen LogP contribution is -2.31. The van der Waals surface area contributed by atoms with Crippen LogP contribution in [-0.2, 0) is 0 Å². The van der Waals surface area contributed by atoms with E-state index in [0.29, 0.717) is 0 Å². The second kappa shape index (κ2) is 5.84. The Hall–Kier alpha value is -1.88. The minimum absolute atomic E-state index is 0.770. The predicted molar refractivity (Wildman–Crippen MR) is 75.4 cm³/mol. The van der Waals surface area contributed by atoms with Crippen LogP contribution in [0.3, 0.4) is 0 Å². The van der Waals surface area contributed by atoms with Gasteiger partial charge in [0.05, 0.1) is 11.9 Å². The summed E-state index contributed by atoms with van der Waals surface area (Å²) in [4.78, 5) is 4.41. The number of rotatable bonds is 4. The van der Waals surface area contributed by atoms with E-state index < -0.39 is 0 Å².